The predicted octanol–water partition coefficient (Wildman–Crippen LogP) is 16.6. The first-order valence-electron chi connectivity index (χ1n) is 31.3. The molecule has 10 aromatic carbocycles. The number of ether oxygens (including phenoxy) is 1. The number of benzene rings is 10. The van der Waals surface area contributed by atoms with E-state index in [9.17, 15) is 5.48 Å². The number of imidazole rings is 1. The van der Waals surface area contributed by atoms with Crippen LogP contribution in [0, 0.1) is 25.9 Å². The van der Waals surface area contributed by atoms with E-state index >= 15 is 0 Å². The minimum atomic E-state index is -2.62. The Morgan fingerprint density at radius 2 is 1.16 bits per heavy atom. The Hall–Kier alpha value is -8.87. The van der Waals surface area contributed by atoms with Gasteiger partial charge in [0.05, 0.1) is 47.1 Å². The molecule has 0 fully saturated rings. The summed E-state index contributed by atoms with van der Waals surface area (Å²) < 4.78 is 104. The van der Waals surface area contributed by atoms with Crippen molar-refractivity contribution in [2.75, 3.05) is 0 Å². The fraction of sp³-hybridized carbons (Fsp3) is 0.0822. The van der Waals surface area contributed by atoms with Crippen LogP contribution in [0.2, 0.25) is 13.1 Å². The number of aromatic nitrogens is 5. The molecule has 0 radical (unpaired) electrons. The molecule has 1 aliphatic heterocycles. The van der Waals surface area contributed by atoms with Crippen molar-refractivity contribution >= 4 is 73.1 Å². The fourth-order valence-electron chi connectivity index (χ4n) is 12.0. The molecule has 4 aromatic heterocycles. The van der Waals surface area contributed by atoms with Gasteiger partial charge in [-0.15, -0.1) is 34.8 Å². The van der Waals surface area contributed by atoms with Crippen molar-refractivity contribution in [3.8, 4) is 67.8 Å². The third kappa shape index (κ3) is 8.16. The Balaban J connectivity index is 0.00000379. The minimum Gasteiger partial charge on any atom is -0.510 e. The first kappa shape index (κ1) is 41.2. The van der Waals surface area contributed by atoms with Crippen molar-refractivity contribution in [3.05, 3.63) is 262 Å². The summed E-state index contributed by atoms with van der Waals surface area (Å²) in [6.07, 6.45) is 5.45. The second-order valence-corrected chi connectivity index (χ2v) is 25.9. The minimum absolute atomic E-state index is 0. The van der Waals surface area contributed by atoms with E-state index in [4.69, 9.17) is 17.9 Å². The molecule has 15 rings (SSSR count). The Labute approximate surface area is 502 Å². The number of para-hydroxylation sites is 5. The zero-order valence-electron chi connectivity index (χ0n) is 55.1. The topological polar surface area (TPSA) is 40.8 Å². The summed E-state index contributed by atoms with van der Waals surface area (Å²) in [5.74, 6) is 1.55. The number of rotatable bonds is 8. The van der Waals surface area contributed by atoms with Crippen molar-refractivity contribution < 1.29 is 44.1 Å². The molecule has 5 heterocycles. The summed E-state index contributed by atoms with van der Waals surface area (Å²) in [6.45, 7) is 11.1. The molecule has 0 atom stereocenters. The Morgan fingerprint density at radius 3 is 1.86 bits per heavy atom. The first-order valence-corrected chi connectivity index (χ1v) is 29.3. The quantitative estimate of drug-likeness (QED) is 0.0864. The van der Waals surface area contributed by atoms with E-state index in [1.807, 2.05) is 35.0 Å². The third-order valence-electron chi connectivity index (χ3n) is 15.7. The average molecular weight is 1250 g/mol. The van der Waals surface area contributed by atoms with Crippen molar-refractivity contribution in [2.45, 2.75) is 39.3 Å². The van der Waals surface area contributed by atoms with Crippen molar-refractivity contribution in [2.24, 2.45) is 0 Å². The van der Waals surface area contributed by atoms with Crippen LogP contribution in [0.1, 0.15) is 40.0 Å². The van der Waals surface area contributed by atoms with Gasteiger partial charge in [-0.3, -0.25) is 4.57 Å². The number of pyridine rings is 1. The first-order chi connectivity index (χ1) is 42.7. The van der Waals surface area contributed by atoms with Gasteiger partial charge >= 0.3 is 21.1 Å². The van der Waals surface area contributed by atoms with Crippen LogP contribution < -0.4 is 19.7 Å². The molecule has 0 spiro atoms. The Bertz CT molecular complexity index is 5220. The van der Waals surface area contributed by atoms with Crippen LogP contribution in [0.25, 0.3) is 111 Å². The van der Waals surface area contributed by atoms with Crippen LogP contribution in [-0.4, -0.2) is 26.8 Å². The van der Waals surface area contributed by atoms with Gasteiger partial charge < -0.3 is 25.9 Å². The second kappa shape index (κ2) is 19.7. The molecule has 6 nitrogen and oxygen atoms in total. The van der Waals surface area contributed by atoms with E-state index in [1.54, 1.807) is 22.8 Å². The SMILES string of the molecule is [2H]c1c([2H])c([2H])c(-c2cccc(-c3c([2H])c([2H])c([2H])c([2H])c3[2H])c2-[n+]2[c-]n3c4c(cccc42)[Si](C)(C)c2ccc(Oc4[c-]c5c(cc4)c4c(-c6ccccc6-n6c7ccccc7c7ccccc76)cccc4n5-c4cc(C(C)(C)C)ccn4)[c-]c2-3)c([2H])c1[2H].[CH3-].[Pt+4]. The smallest absolute Gasteiger partial charge is 0.510 e. The molecule has 0 saturated heterocycles. The van der Waals surface area contributed by atoms with Crippen molar-refractivity contribution in [1.29, 1.82) is 0 Å². The van der Waals surface area contributed by atoms with Gasteiger partial charge in [0.2, 0.25) is 0 Å². The van der Waals surface area contributed by atoms with Crippen LogP contribution in [0.4, 0.5) is 0 Å². The van der Waals surface area contributed by atoms with Gasteiger partial charge in [-0.1, -0.05) is 208 Å². The summed E-state index contributed by atoms with van der Waals surface area (Å²) in [7, 11) is -2.62. The van der Waals surface area contributed by atoms with Gasteiger partial charge in [-0.25, -0.2) is 4.98 Å². The Morgan fingerprint density at radius 1 is 0.568 bits per heavy atom. The van der Waals surface area contributed by atoms with Gasteiger partial charge in [0.25, 0.3) is 6.33 Å². The summed E-state index contributed by atoms with van der Waals surface area (Å²) in [6, 6.07) is 57.3. The monoisotopic (exact) mass is 1250 g/mol. The van der Waals surface area contributed by atoms with Crippen LogP contribution in [0.15, 0.2) is 230 Å². The number of hydrogen-bond acceptors (Lipinski definition) is 2. The average Bonchev–Trinajstić information content (AvgIpc) is 1.66. The van der Waals surface area contributed by atoms with Crippen molar-refractivity contribution in [3.63, 3.8) is 0 Å². The predicted molar refractivity (Wildman–Crippen MR) is 332 cm³/mol. The zero-order valence-corrected chi connectivity index (χ0v) is 48.4. The molecular formula is C73H56N5OPtSi+. The Kier molecular flexibility index (Phi) is 10.0. The van der Waals surface area contributed by atoms with Crippen LogP contribution in [-0.2, 0) is 26.5 Å². The van der Waals surface area contributed by atoms with Gasteiger partial charge in [0.1, 0.15) is 5.82 Å². The van der Waals surface area contributed by atoms with E-state index in [0.29, 0.717) is 22.7 Å². The molecule has 0 saturated carbocycles. The standard InChI is InChI=1S/C72H53N5OSi.CH3.Pt/c1-72(2,3)49-41-42-73-68(43-49)77-62-34-19-30-57(56-27-14-17-33-61(56)76-59-31-15-12-25-54(59)55-26-13-16-32-60(55)76)69(62)58-39-37-50(44-64(58)77)78-51-38-40-66-65(45-51)75-46-74(63-35-20-36-67(71(63)75)79(66,4)5)70-52(47-21-8-6-9-22-47)28-18-29-53(70)48-23-10-7-11-24-48;;/h6-43H,1-5H3;1H3;/q-2;-1;+4/i6D,7D,8D,9D,10D,11D,21D,22D,23D,24D;;. The third-order valence-corrected chi connectivity index (χ3v) is 19.2. The summed E-state index contributed by atoms with van der Waals surface area (Å²) in [5.41, 5.74) is 10.3. The van der Waals surface area contributed by atoms with Gasteiger partial charge in [-0.05, 0) is 86.3 Å². The van der Waals surface area contributed by atoms with Gasteiger partial charge in [0, 0.05) is 47.6 Å². The van der Waals surface area contributed by atoms with E-state index in [-0.39, 0.29) is 61.8 Å². The number of fused-ring (bicyclic) bond motifs is 8. The molecule has 0 amide bonds. The normalized spacial score (nSPS) is 14.4. The van der Waals surface area contributed by atoms with Crippen LogP contribution in [0.5, 0.6) is 11.5 Å². The molecule has 0 bridgehead atoms. The molecule has 14 aromatic rings. The maximum Gasteiger partial charge on any atom is 4.00 e. The molecule has 1 aliphatic rings. The van der Waals surface area contributed by atoms with E-state index in [2.05, 4.69) is 183 Å². The molecule has 8 heteroatoms. The van der Waals surface area contributed by atoms with Crippen molar-refractivity contribution in [1.82, 2.24) is 18.7 Å². The number of hydrogen-bond donors (Lipinski definition) is 0. The molecule has 392 valence electrons. The van der Waals surface area contributed by atoms with Crippen LogP contribution >= 0.6 is 0 Å². The molecular weight excluding hydrogens is 1190 g/mol. The summed E-state index contributed by atoms with van der Waals surface area (Å²) in [4.78, 5) is 5.05. The van der Waals surface area contributed by atoms with Gasteiger partial charge in [-0.2, -0.15) is 12.1 Å². The molecule has 81 heavy (non-hydrogen) atoms. The second-order valence-electron chi connectivity index (χ2n) is 21.6. The van der Waals surface area contributed by atoms with Gasteiger partial charge in [0.15, 0.2) is 0 Å². The molecule has 0 N–H and O–H groups in total. The van der Waals surface area contributed by atoms with Crippen LogP contribution in [0.3, 0.4) is 0 Å². The maximum absolute atomic E-state index is 9.20. The zero-order chi connectivity index (χ0) is 61.9. The van der Waals surface area contributed by atoms with E-state index < -0.39 is 68.5 Å². The number of nitrogens with zero attached hydrogens (tertiary/aromatic N) is 5. The molecule has 0 unspecified atom stereocenters. The fourth-order valence-corrected chi connectivity index (χ4v) is 14.9. The maximum atomic E-state index is 9.20. The molecule has 0 aliphatic carbocycles. The summed E-state index contributed by atoms with van der Waals surface area (Å²) in [5, 5.41) is 6.40. The van der Waals surface area contributed by atoms with E-state index in [0.717, 1.165) is 76.9 Å². The van der Waals surface area contributed by atoms with E-state index in [1.165, 1.54) is 10.8 Å². The largest absolute Gasteiger partial charge is 4.00 e. The summed E-state index contributed by atoms with van der Waals surface area (Å²) >= 11 is 0.